The van der Waals surface area contributed by atoms with Crippen LogP contribution >= 0.6 is 34.2 Å². The van der Waals surface area contributed by atoms with E-state index in [1.54, 1.807) is 0 Å². The quantitative estimate of drug-likeness (QED) is 0.714. The van der Waals surface area contributed by atoms with Gasteiger partial charge < -0.3 is 4.74 Å². The first-order valence-corrected chi connectivity index (χ1v) is 6.74. The number of ether oxygens (including phenoxy) is 1. The van der Waals surface area contributed by atoms with Gasteiger partial charge in [0.1, 0.15) is 12.4 Å². The zero-order chi connectivity index (χ0) is 12.3. The van der Waals surface area contributed by atoms with Crippen LogP contribution in [0.15, 0.2) is 42.5 Å². The van der Waals surface area contributed by atoms with E-state index in [1.807, 2.05) is 37.3 Å². The van der Waals surface area contributed by atoms with E-state index in [2.05, 4.69) is 34.7 Å². The SMILES string of the molecule is Cc1ccc(OCc2cccc(I)c2)c(Cl)c1. The Labute approximate surface area is 120 Å². The maximum Gasteiger partial charge on any atom is 0.138 e. The summed E-state index contributed by atoms with van der Waals surface area (Å²) in [4.78, 5) is 0. The van der Waals surface area contributed by atoms with Crippen molar-refractivity contribution >= 4 is 34.2 Å². The van der Waals surface area contributed by atoms with Gasteiger partial charge in [-0.15, -0.1) is 0 Å². The van der Waals surface area contributed by atoms with Gasteiger partial charge in [-0.3, -0.25) is 0 Å². The van der Waals surface area contributed by atoms with Crippen molar-refractivity contribution in [2.24, 2.45) is 0 Å². The number of rotatable bonds is 3. The lowest BCUT2D eigenvalue weighted by Crippen LogP contribution is -1.96. The van der Waals surface area contributed by atoms with Crippen molar-refractivity contribution in [3.05, 3.63) is 62.2 Å². The van der Waals surface area contributed by atoms with E-state index < -0.39 is 0 Å². The average Bonchev–Trinajstić information content (AvgIpc) is 2.28. The van der Waals surface area contributed by atoms with Crippen molar-refractivity contribution in [3.63, 3.8) is 0 Å². The molecule has 0 heterocycles. The summed E-state index contributed by atoms with van der Waals surface area (Å²) in [6.07, 6.45) is 0. The number of aryl methyl sites for hydroxylation is 1. The molecule has 0 saturated heterocycles. The molecule has 0 amide bonds. The van der Waals surface area contributed by atoms with Crippen LogP contribution in [0.25, 0.3) is 0 Å². The summed E-state index contributed by atoms with van der Waals surface area (Å²) in [5, 5.41) is 0.663. The molecule has 0 aliphatic heterocycles. The minimum atomic E-state index is 0.541. The first-order chi connectivity index (χ1) is 8.15. The molecular formula is C14H12ClIO. The Morgan fingerprint density at radius 1 is 1.18 bits per heavy atom. The van der Waals surface area contributed by atoms with Crippen LogP contribution in [0, 0.1) is 10.5 Å². The fourth-order valence-electron chi connectivity index (χ4n) is 1.51. The summed E-state index contributed by atoms with van der Waals surface area (Å²) in [7, 11) is 0. The van der Waals surface area contributed by atoms with Crippen LogP contribution in [0.4, 0.5) is 0 Å². The van der Waals surface area contributed by atoms with E-state index in [0.717, 1.165) is 16.9 Å². The standard InChI is InChI=1S/C14H12ClIO/c1-10-5-6-14(13(15)7-10)17-9-11-3-2-4-12(16)8-11/h2-8H,9H2,1H3. The van der Waals surface area contributed by atoms with Gasteiger partial charge in [0.2, 0.25) is 0 Å². The largest absolute Gasteiger partial charge is 0.487 e. The highest BCUT2D eigenvalue weighted by atomic mass is 127. The first-order valence-electron chi connectivity index (χ1n) is 5.28. The van der Waals surface area contributed by atoms with Gasteiger partial charge in [0.15, 0.2) is 0 Å². The van der Waals surface area contributed by atoms with E-state index in [1.165, 1.54) is 3.57 Å². The van der Waals surface area contributed by atoms with Crippen molar-refractivity contribution in [1.29, 1.82) is 0 Å². The summed E-state index contributed by atoms with van der Waals surface area (Å²) < 4.78 is 6.90. The van der Waals surface area contributed by atoms with Gasteiger partial charge in [-0.2, -0.15) is 0 Å². The molecule has 2 aromatic rings. The molecule has 0 aromatic heterocycles. The highest BCUT2D eigenvalue weighted by Crippen LogP contribution is 2.26. The zero-order valence-electron chi connectivity index (χ0n) is 9.41. The van der Waals surface area contributed by atoms with Crippen LogP contribution in [0.3, 0.4) is 0 Å². The Kier molecular flexibility index (Phi) is 4.29. The highest BCUT2D eigenvalue weighted by molar-refractivity contribution is 14.1. The second kappa shape index (κ2) is 5.74. The Bertz CT molecular complexity index is 525. The van der Waals surface area contributed by atoms with Crippen molar-refractivity contribution in [2.75, 3.05) is 0 Å². The lowest BCUT2D eigenvalue weighted by molar-refractivity contribution is 0.306. The molecule has 0 radical (unpaired) electrons. The monoisotopic (exact) mass is 358 g/mol. The molecule has 0 atom stereocenters. The van der Waals surface area contributed by atoms with Gasteiger partial charge in [-0.05, 0) is 64.9 Å². The van der Waals surface area contributed by atoms with Crippen LogP contribution in [-0.2, 0) is 6.61 Å². The summed E-state index contributed by atoms with van der Waals surface area (Å²) in [6, 6.07) is 14.0. The lowest BCUT2D eigenvalue weighted by Gasteiger charge is -2.08. The topological polar surface area (TPSA) is 9.23 Å². The van der Waals surface area contributed by atoms with E-state index in [9.17, 15) is 0 Å². The molecule has 2 aromatic carbocycles. The number of benzene rings is 2. The molecule has 0 aliphatic carbocycles. The second-order valence-electron chi connectivity index (χ2n) is 3.85. The molecule has 0 spiro atoms. The summed E-state index contributed by atoms with van der Waals surface area (Å²) >= 11 is 8.39. The summed E-state index contributed by atoms with van der Waals surface area (Å²) in [5.41, 5.74) is 2.28. The molecule has 0 unspecified atom stereocenters. The molecular weight excluding hydrogens is 347 g/mol. The smallest absolute Gasteiger partial charge is 0.138 e. The van der Waals surface area contributed by atoms with E-state index in [-0.39, 0.29) is 0 Å². The molecule has 0 aliphatic rings. The third-order valence-corrected chi connectivity index (χ3v) is 3.34. The van der Waals surface area contributed by atoms with Crippen LogP contribution in [0.5, 0.6) is 5.75 Å². The highest BCUT2D eigenvalue weighted by Gasteiger charge is 2.02. The predicted molar refractivity (Wildman–Crippen MR) is 79.7 cm³/mol. The molecule has 0 saturated carbocycles. The van der Waals surface area contributed by atoms with Crippen molar-refractivity contribution < 1.29 is 4.74 Å². The second-order valence-corrected chi connectivity index (χ2v) is 5.51. The normalized spacial score (nSPS) is 10.3. The minimum absolute atomic E-state index is 0.541. The van der Waals surface area contributed by atoms with Gasteiger partial charge >= 0.3 is 0 Å². The number of hydrogen-bond donors (Lipinski definition) is 0. The molecule has 1 nitrogen and oxygen atoms in total. The van der Waals surface area contributed by atoms with Crippen molar-refractivity contribution in [1.82, 2.24) is 0 Å². The van der Waals surface area contributed by atoms with Gasteiger partial charge in [0.25, 0.3) is 0 Å². The van der Waals surface area contributed by atoms with Gasteiger partial charge in [0, 0.05) is 3.57 Å². The Balaban J connectivity index is 2.07. The Hall–Kier alpha value is -0.740. The number of hydrogen-bond acceptors (Lipinski definition) is 1. The third kappa shape index (κ3) is 3.61. The first kappa shape index (κ1) is 12.7. The molecule has 2 rings (SSSR count). The minimum Gasteiger partial charge on any atom is -0.487 e. The van der Waals surface area contributed by atoms with Crippen LogP contribution in [-0.4, -0.2) is 0 Å². The molecule has 0 N–H and O–H groups in total. The van der Waals surface area contributed by atoms with Gasteiger partial charge in [-0.1, -0.05) is 29.8 Å². The van der Waals surface area contributed by atoms with Gasteiger partial charge in [-0.25, -0.2) is 0 Å². The molecule has 17 heavy (non-hydrogen) atoms. The number of halogens is 2. The van der Waals surface area contributed by atoms with Crippen LogP contribution in [0.1, 0.15) is 11.1 Å². The fourth-order valence-corrected chi connectivity index (χ4v) is 2.41. The predicted octanol–water partition coefficient (Wildman–Crippen LogP) is 4.83. The Morgan fingerprint density at radius 2 is 2.00 bits per heavy atom. The molecule has 3 heteroatoms. The van der Waals surface area contributed by atoms with Crippen molar-refractivity contribution in [3.8, 4) is 5.75 Å². The van der Waals surface area contributed by atoms with E-state index in [0.29, 0.717) is 11.6 Å². The van der Waals surface area contributed by atoms with E-state index in [4.69, 9.17) is 16.3 Å². The third-order valence-electron chi connectivity index (χ3n) is 2.37. The Morgan fingerprint density at radius 3 is 2.71 bits per heavy atom. The zero-order valence-corrected chi connectivity index (χ0v) is 12.3. The average molecular weight is 359 g/mol. The molecule has 88 valence electrons. The van der Waals surface area contributed by atoms with Crippen molar-refractivity contribution in [2.45, 2.75) is 13.5 Å². The maximum absolute atomic E-state index is 6.10. The fraction of sp³-hybridized carbons (Fsp3) is 0.143. The molecule has 0 bridgehead atoms. The summed E-state index contributed by atoms with van der Waals surface area (Å²) in [6.45, 7) is 2.55. The van der Waals surface area contributed by atoms with Crippen LogP contribution < -0.4 is 4.74 Å². The lowest BCUT2D eigenvalue weighted by atomic mass is 10.2. The maximum atomic E-state index is 6.10. The van der Waals surface area contributed by atoms with Gasteiger partial charge in [0.05, 0.1) is 5.02 Å². The van der Waals surface area contributed by atoms with Crippen LogP contribution in [0.2, 0.25) is 5.02 Å². The molecule has 0 fully saturated rings. The summed E-state index contributed by atoms with van der Waals surface area (Å²) in [5.74, 6) is 0.733. The van der Waals surface area contributed by atoms with E-state index >= 15 is 0 Å².